The van der Waals surface area contributed by atoms with Gasteiger partial charge in [0.05, 0.1) is 12.3 Å². The van der Waals surface area contributed by atoms with Crippen molar-refractivity contribution in [3.8, 4) is 0 Å². The van der Waals surface area contributed by atoms with E-state index in [0.717, 1.165) is 5.56 Å². The zero-order chi connectivity index (χ0) is 19.5. The molecule has 8 nitrogen and oxygen atoms in total. The molecule has 1 spiro atoms. The zero-order valence-corrected chi connectivity index (χ0v) is 16.5. The average molecular weight is 394 g/mol. The van der Waals surface area contributed by atoms with Gasteiger partial charge in [-0.25, -0.2) is 8.42 Å². The van der Waals surface area contributed by atoms with Crippen LogP contribution in [0.2, 0.25) is 0 Å². The van der Waals surface area contributed by atoms with Gasteiger partial charge in [-0.05, 0) is 36.5 Å². The number of hydrogen-bond donors (Lipinski definition) is 1. The van der Waals surface area contributed by atoms with Gasteiger partial charge in [-0.2, -0.15) is 4.31 Å². The molecule has 0 radical (unpaired) electrons. The summed E-state index contributed by atoms with van der Waals surface area (Å²) in [6.45, 7) is 4.88. The minimum atomic E-state index is -3.33. The van der Waals surface area contributed by atoms with Crippen LogP contribution in [-0.4, -0.2) is 53.8 Å². The Morgan fingerprint density at radius 1 is 1.37 bits per heavy atom. The van der Waals surface area contributed by atoms with Crippen LogP contribution < -0.4 is 5.32 Å². The van der Waals surface area contributed by atoms with E-state index < -0.39 is 15.6 Å². The molecule has 1 N–H and O–H groups in total. The highest BCUT2D eigenvalue weighted by Gasteiger charge is 2.46. The van der Waals surface area contributed by atoms with Crippen LogP contribution >= 0.6 is 0 Å². The Morgan fingerprint density at radius 3 is 2.81 bits per heavy atom. The number of pyridine rings is 1. The van der Waals surface area contributed by atoms with Gasteiger partial charge in [-0.1, -0.05) is 19.0 Å². The van der Waals surface area contributed by atoms with Crippen molar-refractivity contribution >= 4 is 21.6 Å². The SMILES string of the molecule is CC(C)CS(=O)(=O)N1CCC[C@@]2(CC(C(=O)NCc3ccncc3)=NO2)C1. The van der Waals surface area contributed by atoms with Crippen molar-refractivity contribution in [3.05, 3.63) is 30.1 Å². The van der Waals surface area contributed by atoms with Crippen molar-refractivity contribution in [3.63, 3.8) is 0 Å². The molecular formula is C18H26N4O4S. The molecule has 0 aromatic carbocycles. The smallest absolute Gasteiger partial charge is 0.269 e. The summed E-state index contributed by atoms with van der Waals surface area (Å²) in [6.07, 6.45) is 5.04. The molecule has 3 rings (SSSR count). The van der Waals surface area contributed by atoms with Crippen molar-refractivity contribution in [1.82, 2.24) is 14.6 Å². The van der Waals surface area contributed by atoms with Crippen LogP contribution in [0.5, 0.6) is 0 Å². The number of carbonyl (C=O) groups is 1. The van der Waals surface area contributed by atoms with Gasteiger partial charge in [0.15, 0.2) is 5.60 Å². The lowest BCUT2D eigenvalue weighted by Crippen LogP contribution is -2.51. The van der Waals surface area contributed by atoms with E-state index in [9.17, 15) is 13.2 Å². The molecule has 148 valence electrons. The largest absolute Gasteiger partial charge is 0.387 e. The molecule has 3 heterocycles. The fourth-order valence-electron chi connectivity index (χ4n) is 3.47. The fraction of sp³-hybridized carbons (Fsp3) is 0.611. The molecule has 9 heteroatoms. The Hall–Kier alpha value is -2.00. The van der Waals surface area contributed by atoms with E-state index in [4.69, 9.17) is 4.84 Å². The van der Waals surface area contributed by atoms with Crippen LogP contribution in [0, 0.1) is 5.92 Å². The summed E-state index contributed by atoms with van der Waals surface area (Å²) >= 11 is 0. The third kappa shape index (κ3) is 4.84. The predicted octanol–water partition coefficient (Wildman–Crippen LogP) is 1.29. The third-order valence-corrected chi connectivity index (χ3v) is 6.93. The molecule has 1 amide bonds. The second kappa shape index (κ2) is 7.93. The summed E-state index contributed by atoms with van der Waals surface area (Å²) < 4.78 is 26.6. The highest BCUT2D eigenvalue weighted by atomic mass is 32.2. The summed E-state index contributed by atoms with van der Waals surface area (Å²) in [5.74, 6) is -0.113. The first-order valence-corrected chi connectivity index (χ1v) is 10.8. The van der Waals surface area contributed by atoms with E-state index in [1.165, 1.54) is 4.31 Å². The van der Waals surface area contributed by atoms with E-state index in [-0.39, 0.29) is 24.1 Å². The molecule has 0 aliphatic carbocycles. The van der Waals surface area contributed by atoms with E-state index in [0.29, 0.717) is 38.1 Å². The first-order chi connectivity index (χ1) is 12.8. The number of aromatic nitrogens is 1. The van der Waals surface area contributed by atoms with Crippen LogP contribution in [0.4, 0.5) is 0 Å². The van der Waals surface area contributed by atoms with Crippen LogP contribution in [0.25, 0.3) is 0 Å². The Morgan fingerprint density at radius 2 is 2.11 bits per heavy atom. The fourth-order valence-corrected chi connectivity index (χ4v) is 5.36. The molecule has 1 atom stereocenters. The molecule has 0 bridgehead atoms. The van der Waals surface area contributed by atoms with E-state index in [1.807, 2.05) is 26.0 Å². The Bertz CT molecular complexity index is 810. The van der Waals surface area contributed by atoms with Gasteiger partial charge in [-0.3, -0.25) is 9.78 Å². The van der Waals surface area contributed by atoms with Gasteiger partial charge >= 0.3 is 0 Å². The number of hydrogen-bond acceptors (Lipinski definition) is 6. The van der Waals surface area contributed by atoms with Crippen LogP contribution in [0.3, 0.4) is 0 Å². The monoisotopic (exact) mass is 394 g/mol. The normalized spacial score (nSPS) is 23.3. The highest BCUT2D eigenvalue weighted by Crippen LogP contribution is 2.34. The minimum Gasteiger partial charge on any atom is -0.387 e. The van der Waals surface area contributed by atoms with Gasteiger partial charge < -0.3 is 10.2 Å². The number of piperidine rings is 1. The maximum atomic E-state index is 12.6. The summed E-state index contributed by atoms with van der Waals surface area (Å²) in [4.78, 5) is 21.9. The zero-order valence-electron chi connectivity index (χ0n) is 15.7. The molecule has 1 saturated heterocycles. The molecule has 0 saturated carbocycles. The summed E-state index contributed by atoms with van der Waals surface area (Å²) in [7, 11) is -3.33. The molecule has 27 heavy (non-hydrogen) atoms. The van der Waals surface area contributed by atoms with Crippen molar-refractivity contribution in [2.24, 2.45) is 11.1 Å². The third-order valence-electron chi connectivity index (χ3n) is 4.75. The number of rotatable bonds is 6. The molecule has 2 aliphatic heterocycles. The lowest BCUT2D eigenvalue weighted by atomic mass is 9.89. The number of sulfonamides is 1. The van der Waals surface area contributed by atoms with E-state index >= 15 is 0 Å². The molecule has 2 aliphatic rings. The van der Waals surface area contributed by atoms with Gasteiger partial charge in [0.1, 0.15) is 5.71 Å². The number of nitrogens with zero attached hydrogens (tertiary/aromatic N) is 3. The maximum Gasteiger partial charge on any atom is 0.269 e. The second-order valence-corrected chi connectivity index (χ2v) is 9.65. The Labute approximate surface area is 160 Å². The van der Waals surface area contributed by atoms with Gasteiger partial charge in [0.2, 0.25) is 10.0 Å². The number of nitrogens with one attached hydrogen (secondary N) is 1. The van der Waals surface area contributed by atoms with E-state index in [2.05, 4.69) is 15.5 Å². The summed E-state index contributed by atoms with van der Waals surface area (Å²) in [5.41, 5.74) is 0.523. The molecule has 1 aromatic rings. The van der Waals surface area contributed by atoms with Gasteiger partial charge in [0, 0.05) is 31.9 Å². The average Bonchev–Trinajstić information content (AvgIpc) is 3.03. The standard InChI is InChI=1S/C18H26N4O4S/c1-14(2)12-27(24,25)22-9-3-6-18(13-22)10-16(21-26-18)17(23)20-11-15-4-7-19-8-5-15/h4-5,7-8,14H,3,6,9-13H2,1-2H3,(H,20,23)/t18-/m1/s1. The minimum absolute atomic E-state index is 0.0585. The highest BCUT2D eigenvalue weighted by molar-refractivity contribution is 7.89. The van der Waals surface area contributed by atoms with Crippen LogP contribution in [0.15, 0.2) is 29.7 Å². The molecular weight excluding hydrogens is 368 g/mol. The summed E-state index contributed by atoms with van der Waals surface area (Å²) in [5, 5.41) is 6.79. The van der Waals surface area contributed by atoms with Crippen LogP contribution in [0.1, 0.15) is 38.7 Å². The molecule has 1 aromatic heterocycles. The Kier molecular flexibility index (Phi) is 5.81. The number of amides is 1. The van der Waals surface area contributed by atoms with Crippen molar-refractivity contribution in [2.75, 3.05) is 18.8 Å². The second-order valence-electron chi connectivity index (χ2n) is 7.64. The lowest BCUT2D eigenvalue weighted by molar-refractivity contribution is -0.115. The van der Waals surface area contributed by atoms with Crippen molar-refractivity contribution < 1.29 is 18.0 Å². The number of oxime groups is 1. The van der Waals surface area contributed by atoms with Gasteiger partial charge in [0.25, 0.3) is 5.91 Å². The number of carbonyl (C=O) groups excluding carboxylic acids is 1. The first-order valence-electron chi connectivity index (χ1n) is 9.20. The predicted molar refractivity (Wildman–Crippen MR) is 101 cm³/mol. The van der Waals surface area contributed by atoms with Crippen molar-refractivity contribution in [2.45, 2.75) is 45.3 Å². The van der Waals surface area contributed by atoms with Gasteiger partial charge in [-0.15, -0.1) is 0 Å². The molecule has 0 unspecified atom stereocenters. The Balaban J connectivity index is 1.59. The lowest BCUT2D eigenvalue weighted by Gasteiger charge is -2.37. The maximum absolute atomic E-state index is 12.6. The van der Waals surface area contributed by atoms with Crippen LogP contribution in [-0.2, 0) is 26.2 Å². The first kappa shape index (κ1) is 19.8. The van der Waals surface area contributed by atoms with Crippen molar-refractivity contribution in [1.29, 1.82) is 0 Å². The quantitative estimate of drug-likeness (QED) is 0.784. The van der Waals surface area contributed by atoms with E-state index in [1.54, 1.807) is 12.4 Å². The topological polar surface area (TPSA) is 101 Å². The summed E-state index contributed by atoms with van der Waals surface area (Å²) in [6, 6.07) is 3.65. The molecule has 1 fully saturated rings.